The fraction of sp³-hybridized carbons (Fsp3) is 0.0556. The van der Waals surface area contributed by atoms with E-state index in [0.717, 1.165) is 16.7 Å². The lowest BCUT2D eigenvalue weighted by molar-refractivity contribution is 0.631. The molecule has 0 atom stereocenters. The minimum atomic E-state index is -0.362. The summed E-state index contributed by atoms with van der Waals surface area (Å²) >= 11 is 5.79. The van der Waals surface area contributed by atoms with Crippen LogP contribution in [0.15, 0.2) is 60.8 Å². The highest BCUT2D eigenvalue weighted by atomic mass is 35.5. The van der Waals surface area contributed by atoms with Crippen molar-refractivity contribution in [2.24, 2.45) is 0 Å². The molecule has 0 aliphatic carbocycles. The molecule has 4 rings (SSSR count). The second-order valence-corrected chi connectivity index (χ2v) is 5.83. The van der Waals surface area contributed by atoms with E-state index in [2.05, 4.69) is 15.3 Å². The Balaban J connectivity index is 1.62. The molecule has 2 aromatic heterocycles. The average Bonchev–Trinajstić information content (AvgIpc) is 2.99. The SMILES string of the molecule is Fc1cc(Cl)ccc1-c1ccc(Cn2nnc3ccccc32)nc1. The highest BCUT2D eigenvalue weighted by molar-refractivity contribution is 6.30. The molecule has 0 amide bonds. The maximum absolute atomic E-state index is 14.0. The molecule has 0 N–H and O–H groups in total. The van der Waals surface area contributed by atoms with Crippen molar-refractivity contribution in [3.63, 3.8) is 0 Å². The first-order chi connectivity index (χ1) is 11.7. The van der Waals surface area contributed by atoms with Gasteiger partial charge in [0.25, 0.3) is 0 Å². The first-order valence-corrected chi connectivity index (χ1v) is 7.77. The molecule has 0 unspecified atom stereocenters. The Bertz CT molecular complexity index is 1010. The summed E-state index contributed by atoms with van der Waals surface area (Å²) in [6.45, 7) is 0.504. The van der Waals surface area contributed by atoms with Crippen molar-refractivity contribution in [3.8, 4) is 11.1 Å². The second-order valence-electron chi connectivity index (χ2n) is 5.40. The molecule has 4 aromatic rings. The number of para-hydroxylation sites is 1. The van der Waals surface area contributed by atoms with Gasteiger partial charge in [-0.15, -0.1) is 5.10 Å². The van der Waals surface area contributed by atoms with E-state index < -0.39 is 0 Å². The van der Waals surface area contributed by atoms with Crippen molar-refractivity contribution in [3.05, 3.63) is 77.3 Å². The Kier molecular flexibility index (Phi) is 3.70. The largest absolute Gasteiger partial charge is 0.259 e. The van der Waals surface area contributed by atoms with Crippen molar-refractivity contribution in [2.75, 3.05) is 0 Å². The Hall–Kier alpha value is -2.79. The van der Waals surface area contributed by atoms with E-state index in [1.165, 1.54) is 6.07 Å². The van der Waals surface area contributed by atoms with E-state index in [9.17, 15) is 4.39 Å². The van der Waals surface area contributed by atoms with Gasteiger partial charge in [-0.2, -0.15) is 0 Å². The molecule has 2 heterocycles. The molecule has 0 spiro atoms. The molecule has 24 heavy (non-hydrogen) atoms. The van der Waals surface area contributed by atoms with Crippen LogP contribution in [0.25, 0.3) is 22.2 Å². The van der Waals surface area contributed by atoms with Crippen LogP contribution in [-0.4, -0.2) is 20.0 Å². The standard InChI is InChI=1S/C18H12ClFN4/c19-13-6-8-15(16(20)9-13)12-5-7-14(21-10-12)11-24-18-4-2-1-3-17(18)22-23-24/h1-10H,11H2. The van der Waals surface area contributed by atoms with Gasteiger partial charge in [0.2, 0.25) is 0 Å². The molecule has 0 bridgehead atoms. The summed E-state index contributed by atoms with van der Waals surface area (Å²) in [5, 5.41) is 8.64. The maximum atomic E-state index is 14.0. The molecule has 6 heteroatoms. The van der Waals surface area contributed by atoms with Gasteiger partial charge < -0.3 is 0 Å². The topological polar surface area (TPSA) is 43.6 Å². The molecule has 118 valence electrons. The summed E-state index contributed by atoms with van der Waals surface area (Å²) in [4.78, 5) is 4.41. The van der Waals surface area contributed by atoms with Gasteiger partial charge >= 0.3 is 0 Å². The maximum Gasteiger partial charge on any atom is 0.132 e. The molecule has 0 aliphatic heterocycles. The van der Waals surface area contributed by atoms with Crippen molar-refractivity contribution < 1.29 is 4.39 Å². The van der Waals surface area contributed by atoms with Crippen LogP contribution < -0.4 is 0 Å². The molecule has 0 saturated heterocycles. The van der Waals surface area contributed by atoms with Crippen LogP contribution in [-0.2, 0) is 6.54 Å². The number of halogens is 2. The normalized spacial score (nSPS) is 11.1. The zero-order chi connectivity index (χ0) is 16.5. The van der Waals surface area contributed by atoms with Crippen molar-refractivity contribution in [1.29, 1.82) is 0 Å². The molecule has 0 saturated carbocycles. The summed E-state index contributed by atoms with van der Waals surface area (Å²) in [6.07, 6.45) is 1.65. The number of hydrogen-bond donors (Lipinski definition) is 0. The highest BCUT2D eigenvalue weighted by Gasteiger charge is 2.08. The van der Waals surface area contributed by atoms with Crippen LogP contribution in [0.3, 0.4) is 0 Å². The smallest absolute Gasteiger partial charge is 0.132 e. The highest BCUT2D eigenvalue weighted by Crippen LogP contribution is 2.25. The third kappa shape index (κ3) is 2.74. The van der Waals surface area contributed by atoms with Gasteiger partial charge in [-0.05, 0) is 36.4 Å². The van der Waals surface area contributed by atoms with Crippen molar-refractivity contribution in [1.82, 2.24) is 20.0 Å². The number of hydrogen-bond acceptors (Lipinski definition) is 3. The van der Waals surface area contributed by atoms with Gasteiger partial charge in [0.05, 0.1) is 17.8 Å². The van der Waals surface area contributed by atoms with Gasteiger partial charge in [-0.3, -0.25) is 4.98 Å². The second kappa shape index (κ2) is 6.02. The van der Waals surface area contributed by atoms with Gasteiger partial charge in [0, 0.05) is 22.3 Å². The fourth-order valence-corrected chi connectivity index (χ4v) is 2.75. The molecular weight excluding hydrogens is 327 g/mol. The molecular formula is C18H12ClFN4. The van der Waals surface area contributed by atoms with Crippen LogP contribution in [0.1, 0.15) is 5.69 Å². The Morgan fingerprint density at radius 1 is 1.04 bits per heavy atom. The van der Waals surface area contributed by atoms with Crippen molar-refractivity contribution >= 4 is 22.6 Å². The Morgan fingerprint density at radius 2 is 1.92 bits per heavy atom. The first-order valence-electron chi connectivity index (χ1n) is 7.39. The van der Waals surface area contributed by atoms with Gasteiger partial charge in [0.15, 0.2) is 0 Å². The minimum absolute atomic E-state index is 0.362. The monoisotopic (exact) mass is 338 g/mol. The third-order valence-electron chi connectivity index (χ3n) is 3.80. The molecule has 0 aliphatic rings. The fourth-order valence-electron chi connectivity index (χ4n) is 2.59. The number of aromatic nitrogens is 4. The molecule has 0 fully saturated rings. The summed E-state index contributed by atoms with van der Waals surface area (Å²) in [5.41, 5.74) is 3.80. The molecule has 2 aromatic carbocycles. The van der Waals surface area contributed by atoms with E-state index >= 15 is 0 Å². The number of pyridine rings is 1. The number of benzene rings is 2. The van der Waals surface area contributed by atoms with E-state index in [4.69, 9.17) is 11.6 Å². The Morgan fingerprint density at radius 3 is 2.71 bits per heavy atom. The van der Waals surface area contributed by atoms with Gasteiger partial charge in [0.1, 0.15) is 11.3 Å². The van der Waals surface area contributed by atoms with Crippen molar-refractivity contribution in [2.45, 2.75) is 6.54 Å². The molecule has 0 radical (unpaired) electrons. The lowest BCUT2D eigenvalue weighted by Crippen LogP contribution is -2.03. The quantitative estimate of drug-likeness (QED) is 0.558. The summed E-state index contributed by atoms with van der Waals surface area (Å²) < 4.78 is 15.8. The number of fused-ring (bicyclic) bond motifs is 1. The number of rotatable bonds is 3. The lowest BCUT2D eigenvalue weighted by Gasteiger charge is -2.06. The van der Waals surface area contributed by atoms with Crippen LogP contribution in [0, 0.1) is 5.82 Å². The van der Waals surface area contributed by atoms with Crippen LogP contribution in [0.5, 0.6) is 0 Å². The minimum Gasteiger partial charge on any atom is -0.259 e. The van der Waals surface area contributed by atoms with Crippen LogP contribution in [0.4, 0.5) is 4.39 Å². The molecule has 4 nitrogen and oxygen atoms in total. The predicted molar refractivity (Wildman–Crippen MR) is 91.3 cm³/mol. The number of nitrogens with zero attached hydrogens (tertiary/aromatic N) is 4. The average molecular weight is 339 g/mol. The summed E-state index contributed by atoms with van der Waals surface area (Å²) in [5.74, 6) is -0.362. The predicted octanol–water partition coefficient (Wildman–Crippen LogP) is 4.33. The van der Waals surface area contributed by atoms with E-state index in [1.54, 1.807) is 23.0 Å². The van der Waals surface area contributed by atoms with Gasteiger partial charge in [-0.1, -0.05) is 35.0 Å². The summed E-state index contributed by atoms with van der Waals surface area (Å²) in [6, 6.07) is 16.1. The third-order valence-corrected chi connectivity index (χ3v) is 4.03. The van der Waals surface area contributed by atoms with Crippen LogP contribution in [0.2, 0.25) is 5.02 Å². The van der Waals surface area contributed by atoms with E-state index in [1.807, 2.05) is 36.4 Å². The van der Waals surface area contributed by atoms with E-state index in [-0.39, 0.29) is 5.82 Å². The lowest BCUT2D eigenvalue weighted by atomic mass is 10.1. The zero-order valence-electron chi connectivity index (χ0n) is 12.5. The van der Waals surface area contributed by atoms with Gasteiger partial charge in [-0.25, -0.2) is 9.07 Å². The zero-order valence-corrected chi connectivity index (χ0v) is 13.3. The first kappa shape index (κ1) is 14.8. The van der Waals surface area contributed by atoms with Crippen LogP contribution >= 0.6 is 11.6 Å². The summed E-state index contributed by atoms with van der Waals surface area (Å²) in [7, 11) is 0. The Labute approximate surface area is 142 Å². The van der Waals surface area contributed by atoms with E-state index in [0.29, 0.717) is 22.7 Å².